The van der Waals surface area contributed by atoms with Crippen LogP contribution in [0.15, 0.2) is 18.2 Å². The van der Waals surface area contributed by atoms with E-state index < -0.39 is 0 Å². The topological polar surface area (TPSA) is 75.3 Å². The van der Waals surface area contributed by atoms with Gasteiger partial charge in [-0.05, 0) is 31.0 Å². The van der Waals surface area contributed by atoms with E-state index in [1.807, 2.05) is 0 Å². The zero-order valence-electron chi connectivity index (χ0n) is 10.0. The fraction of sp³-hybridized carbons (Fsp3) is 0.462. The SMILES string of the molecule is N[C@@H]1CCCC[C@H]1NC(=O)c1cc(Cl)ccc1O. The molecule has 18 heavy (non-hydrogen) atoms. The lowest BCUT2D eigenvalue weighted by molar-refractivity contribution is 0.0918. The van der Waals surface area contributed by atoms with Crippen LogP contribution in [0.25, 0.3) is 0 Å². The van der Waals surface area contributed by atoms with Crippen molar-refractivity contribution in [2.24, 2.45) is 5.73 Å². The minimum absolute atomic E-state index is 0.0102. The Hall–Kier alpha value is -1.26. The smallest absolute Gasteiger partial charge is 0.255 e. The summed E-state index contributed by atoms with van der Waals surface area (Å²) in [6.07, 6.45) is 3.98. The van der Waals surface area contributed by atoms with Crippen molar-refractivity contribution in [3.63, 3.8) is 0 Å². The molecule has 0 aromatic heterocycles. The van der Waals surface area contributed by atoms with E-state index in [0.717, 1.165) is 25.7 Å². The minimum atomic E-state index is -0.322. The number of aromatic hydroxyl groups is 1. The molecule has 1 fully saturated rings. The highest BCUT2D eigenvalue weighted by molar-refractivity contribution is 6.31. The summed E-state index contributed by atoms with van der Waals surface area (Å²) in [7, 11) is 0. The highest BCUT2D eigenvalue weighted by Gasteiger charge is 2.24. The van der Waals surface area contributed by atoms with Crippen LogP contribution in [0.4, 0.5) is 0 Å². The van der Waals surface area contributed by atoms with Crippen molar-refractivity contribution in [1.29, 1.82) is 0 Å². The molecule has 4 nitrogen and oxygen atoms in total. The number of nitrogens with two attached hydrogens (primary N) is 1. The van der Waals surface area contributed by atoms with Crippen molar-refractivity contribution in [2.45, 2.75) is 37.8 Å². The Balaban J connectivity index is 2.09. The molecular weight excluding hydrogens is 252 g/mol. The van der Waals surface area contributed by atoms with Crippen molar-refractivity contribution in [3.8, 4) is 5.75 Å². The van der Waals surface area contributed by atoms with Gasteiger partial charge in [-0.15, -0.1) is 0 Å². The molecule has 5 heteroatoms. The second kappa shape index (κ2) is 5.59. The van der Waals surface area contributed by atoms with Crippen LogP contribution in [0.5, 0.6) is 5.75 Å². The van der Waals surface area contributed by atoms with E-state index in [2.05, 4.69) is 5.32 Å². The van der Waals surface area contributed by atoms with Gasteiger partial charge >= 0.3 is 0 Å². The molecule has 0 aliphatic heterocycles. The van der Waals surface area contributed by atoms with Gasteiger partial charge in [0.25, 0.3) is 5.91 Å². The van der Waals surface area contributed by atoms with Gasteiger partial charge in [-0.25, -0.2) is 0 Å². The summed E-state index contributed by atoms with van der Waals surface area (Å²) in [5.74, 6) is -0.390. The average molecular weight is 269 g/mol. The molecule has 1 aliphatic carbocycles. The maximum absolute atomic E-state index is 12.0. The third kappa shape index (κ3) is 2.94. The van der Waals surface area contributed by atoms with E-state index in [1.54, 1.807) is 6.07 Å². The highest BCUT2D eigenvalue weighted by Crippen LogP contribution is 2.23. The molecule has 1 amide bonds. The Morgan fingerprint density at radius 1 is 1.39 bits per heavy atom. The molecule has 1 saturated carbocycles. The molecule has 98 valence electrons. The van der Waals surface area contributed by atoms with Crippen molar-refractivity contribution < 1.29 is 9.90 Å². The molecule has 4 N–H and O–H groups in total. The van der Waals surface area contributed by atoms with Crippen molar-refractivity contribution in [2.75, 3.05) is 0 Å². The number of carbonyl (C=O) groups excluding carboxylic acids is 1. The number of benzene rings is 1. The maximum atomic E-state index is 12.0. The molecule has 1 aliphatic rings. The van der Waals surface area contributed by atoms with Crippen molar-refractivity contribution in [3.05, 3.63) is 28.8 Å². The van der Waals surface area contributed by atoms with Gasteiger partial charge in [0.15, 0.2) is 0 Å². The quantitative estimate of drug-likeness (QED) is 0.768. The van der Waals surface area contributed by atoms with Crippen LogP contribution in [-0.2, 0) is 0 Å². The number of rotatable bonds is 2. The Kier molecular flexibility index (Phi) is 4.09. The first-order chi connectivity index (χ1) is 8.58. The van der Waals surface area contributed by atoms with Crippen LogP contribution >= 0.6 is 11.6 Å². The Morgan fingerprint density at radius 2 is 2.11 bits per heavy atom. The van der Waals surface area contributed by atoms with Gasteiger partial charge in [0.1, 0.15) is 5.75 Å². The number of halogens is 1. The highest BCUT2D eigenvalue weighted by atomic mass is 35.5. The van der Waals surface area contributed by atoms with E-state index in [4.69, 9.17) is 17.3 Å². The van der Waals surface area contributed by atoms with Gasteiger partial charge in [0, 0.05) is 17.1 Å². The van der Waals surface area contributed by atoms with Gasteiger partial charge in [0.2, 0.25) is 0 Å². The van der Waals surface area contributed by atoms with E-state index >= 15 is 0 Å². The fourth-order valence-corrected chi connectivity index (χ4v) is 2.45. The van der Waals surface area contributed by atoms with Crippen LogP contribution < -0.4 is 11.1 Å². The lowest BCUT2D eigenvalue weighted by Gasteiger charge is -2.29. The van der Waals surface area contributed by atoms with Crippen molar-refractivity contribution in [1.82, 2.24) is 5.32 Å². The molecule has 0 saturated heterocycles. The first-order valence-electron chi connectivity index (χ1n) is 6.13. The first kappa shape index (κ1) is 13.2. The van der Waals surface area contributed by atoms with E-state index in [1.165, 1.54) is 12.1 Å². The fourth-order valence-electron chi connectivity index (χ4n) is 2.28. The normalized spacial score (nSPS) is 23.7. The number of nitrogens with one attached hydrogen (secondary N) is 1. The number of hydrogen-bond donors (Lipinski definition) is 3. The number of carbonyl (C=O) groups is 1. The average Bonchev–Trinajstić information content (AvgIpc) is 2.35. The summed E-state index contributed by atoms with van der Waals surface area (Å²) in [5.41, 5.74) is 6.16. The van der Waals surface area contributed by atoms with Crippen LogP contribution in [0.1, 0.15) is 36.0 Å². The van der Waals surface area contributed by atoms with E-state index in [0.29, 0.717) is 5.02 Å². The van der Waals surface area contributed by atoms with E-state index in [-0.39, 0.29) is 29.3 Å². The van der Waals surface area contributed by atoms with Crippen LogP contribution in [0, 0.1) is 0 Å². The second-order valence-electron chi connectivity index (χ2n) is 4.69. The zero-order chi connectivity index (χ0) is 13.1. The molecular formula is C13H17ClN2O2. The summed E-state index contributed by atoms with van der Waals surface area (Å²) in [5, 5.41) is 12.9. The van der Waals surface area contributed by atoms with Crippen molar-refractivity contribution >= 4 is 17.5 Å². The number of phenols is 1. The second-order valence-corrected chi connectivity index (χ2v) is 5.13. The summed E-state index contributed by atoms with van der Waals surface area (Å²) in [6.45, 7) is 0. The van der Waals surface area contributed by atoms with Gasteiger partial charge in [-0.1, -0.05) is 24.4 Å². The lowest BCUT2D eigenvalue weighted by atomic mass is 9.91. The zero-order valence-corrected chi connectivity index (χ0v) is 10.8. The summed E-state index contributed by atoms with van der Waals surface area (Å²) in [4.78, 5) is 12.0. The van der Waals surface area contributed by atoms with Crippen LogP contribution in [-0.4, -0.2) is 23.1 Å². The Labute approximate surface area is 111 Å². The predicted molar refractivity (Wildman–Crippen MR) is 70.8 cm³/mol. The largest absolute Gasteiger partial charge is 0.507 e. The molecule has 1 aromatic rings. The van der Waals surface area contributed by atoms with E-state index in [9.17, 15) is 9.90 Å². The van der Waals surface area contributed by atoms with Gasteiger partial charge in [-0.3, -0.25) is 4.79 Å². The molecule has 2 rings (SSSR count). The standard InChI is InChI=1S/C13H17ClN2O2/c14-8-5-6-12(17)9(7-8)13(18)16-11-4-2-1-3-10(11)15/h5-7,10-11,17H,1-4,15H2,(H,16,18)/t10-,11-/m1/s1. The third-order valence-corrected chi connectivity index (χ3v) is 3.57. The summed E-state index contributed by atoms with van der Waals surface area (Å²) >= 11 is 5.82. The molecule has 0 spiro atoms. The monoisotopic (exact) mass is 268 g/mol. The number of amides is 1. The lowest BCUT2D eigenvalue weighted by Crippen LogP contribution is -2.49. The molecule has 0 heterocycles. The first-order valence-corrected chi connectivity index (χ1v) is 6.50. The molecule has 0 unspecified atom stereocenters. The summed E-state index contributed by atoms with van der Waals surface area (Å²) < 4.78 is 0. The maximum Gasteiger partial charge on any atom is 0.255 e. The molecule has 1 aromatic carbocycles. The molecule has 2 atom stereocenters. The summed E-state index contributed by atoms with van der Waals surface area (Å²) in [6, 6.07) is 4.38. The van der Waals surface area contributed by atoms with Gasteiger partial charge in [0.05, 0.1) is 5.56 Å². The third-order valence-electron chi connectivity index (χ3n) is 3.34. The molecule has 0 radical (unpaired) electrons. The minimum Gasteiger partial charge on any atom is -0.507 e. The van der Waals surface area contributed by atoms with Gasteiger partial charge in [-0.2, -0.15) is 0 Å². The molecule has 0 bridgehead atoms. The predicted octanol–water partition coefficient (Wildman–Crippen LogP) is 2.05. The number of phenolic OH excluding ortho intramolecular Hbond substituents is 1. The Morgan fingerprint density at radius 3 is 2.83 bits per heavy atom. The van der Waals surface area contributed by atoms with Crippen LogP contribution in [0.3, 0.4) is 0 Å². The number of hydrogen-bond acceptors (Lipinski definition) is 3. The van der Waals surface area contributed by atoms with Crippen LogP contribution in [0.2, 0.25) is 5.02 Å². The Bertz CT molecular complexity index is 451. The van der Waals surface area contributed by atoms with Gasteiger partial charge < -0.3 is 16.2 Å².